The van der Waals surface area contributed by atoms with Crippen molar-refractivity contribution in [2.24, 2.45) is 5.92 Å². The number of carbonyl (C=O) groups excluding carboxylic acids is 1. The van der Waals surface area contributed by atoms with Crippen molar-refractivity contribution < 1.29 is 4.79 Å². The summed E-state index contributed by atoms with van der Waals surface area (Å²) < 4.78 is 0. The Labute approximate surface area is 140 Å². The van der Waals surface area contributed by atoms with Crippen molar-refractivity contribution >= 4 is 18.3 Å². The molecule has 2 rings (SSSR count). The lowest BCUT2D eigenvalue weighted by atomic mass is 9.86. The number of amides is 1. The Bertz CT molecular complexity index is 473. The molecule has 1 fully saturated rings. The molecule has 1 aliphatic rings. The minimum Gasteiger partial charge on any atom is -0.350 e. The van der Waals surface area contributed by atoms with Crippen LogP contribution in [-0.4, -0.2) is 19.0 Å². The molecule has 2 atom stereocenters. The van der Waals surface area contributed by atoms with Gasteiger partial charge in [-0.3, -0.25) is 4.79 Å². The molecule has 22 heavy (non-hydrogen) atoms. The molecular weight excluding hydrogens is 296 g/mol. The van der Waals surface area contributed by atoms with Crippen LogP contribution < -0.4 is 10.6 Å². The zero-order valence-electron chi connectivity index (χ0n) is 14.1. The summed E-state index contributed by atoms with van der Waals surface area (Å²) in [5.74, 6) is 0.663. The quantitative estimate of drug-likeness (QED) is 0.888. The van der Waals surface area contributed by atoms with Crippen molar-refractivity contribution in [1.29, 1.82) is 0 Å². The van der Waals surface area contributed by atoms with Crippen LogP contribution in [0.25, 0.3) is 0 Å². The molecule has 4 heteroatoms. The van der Waals surface area contributed by atoms with Gasteiger partial charge in [0.25, 0.3) is 0 Å². The Kier molecular flexibility index (Phi) is 6.89. The van der Waals surface area contributed by atoms with E-state index in [1.165, 1.54) is 11.1 Å². The van der Waals surface area contributed by atoms with Gasteiger partial charge in [0.05, 0.1) is 6.04 Å². The van der Waals surface area contributed by atoms with Crippen LogP contribution in [0, 0.1) is 5.92 Å². The lowest BCUT2D eigenvalue weighted by Crippen LogP contribution is -2.29. The van der Waals surface area contributed by atoms with Crippen molar-refractivity contribution in [3.63, 3.8) is 0 Å². The highest BCUT2D eigenvalue weighted by molar-refractivity contribution is 5.85. The van der Waals surface area contributed by atoms with Gasteiger partial charge in [-0.15, -0.1) is 12.4 Å². The number of hydrogen-bond donors (Lipinski definition) is 2. The SMILES string of the molecule is CC(NC(=O)CC1CCNC1)c1ccc(C(C)(C)C)cc1.Cl. The maximum atomic E-state index is 12.1. The van der Waals surface area contributed by atoms with E-state index in [0.29, 0.717) is 12.3 Å². The first kappa shape index (κ1) is 19.0. The lowest BCUT2D eigenvalue weighted by molar-refractivity contribution is -0.122. The Morgan fingerprint density at radius 1 is 1.32 bits per heavy atom. The summed E-state index contributed by atoms with van der Waals surface area (Å²) in [6.45, 7) is 10.7. The molecule has 0 radical (unpaired) electrons. The van der Waals surface area contributed by atoms with E-state index in [0.717, 1.165) is 19.5 Å². The van der Waals surface area contributed by atoms with Gasteiger partial charge in [-0.25, -0.2) is 0 Å². The normalized spacial score (nSPS) is 19.4. The van der Waals surface area contributed by atoms with Crippen molar-refractivity contribution in [2.75, 3.05) is 13.1 Å². The molecule has 0 aliphatic carbocycles. The smallest absolute Gasteiger partial charge is 0.220 e. The molecule has 1 amide bonds. The van der Waals surface area contributed by atoms with Crippen LogP contribution >= 0.6 is 12.4 Å². The molecule has 0 spiro atoms. The summed E-state index contributed by atoms with van der Waals surface area (Å²) >= 11 is 0. The molecule has 1 aromatic carbocycles. The van der Waals surface area contributed by atoms with Crippen molar-refractivity contribution in [1.82, 2.24) is 10.6 Å². The summed E-state index contributed by atoms with van der Waals surface area (Å²) in [5, 5.41) is 6.42. The summed E-state index contributed by atoms with van der Waals surface area (Å²) in [6.07, 6.45) is 1.75. The van der Waals surface area contributed by atoms with Gasteiger partial charge in [-0.2, -0.15) is 0 Å². The van der Waals surface area contributed by atoms with Crippen LogP contribution in [0.15, 0.2) is 24.3 Å². The fraction of sp³-hybridized carbons (Fsp3) is 0.611. The van der Waals surface area contributed by atoms with E-state index in [-0.39, 0.29) is 29.8 Å². The highest BCUT2D eigenvalue weighted by Crippen LogP contribution is 2.24. The van der Waals surface area contributed by atoms with E-state index in [9.17, 15) is 4.79 Å². The molecule has 2 unspecified atom stereocenters. The lowest BCUT2D eigenvalue weighted by Gasteiger charge is -2.21. The largest absolute Gasteiger partial charge is 0.350 e. The highest BCUT2D eigenvalue weighted by atomic mass is 35.5. The Morgan fingerprint density at radius 2 is 1.95 bits per heavy atom. The first-order valence-electron chi connectivity index (χ1n) is 7.97. The zero-order valence-corrected chi connectivity index (χ0v) is 14.9. The van der Waals surface area contributed by atoms with Crippen molar-refractivity contribution in [2.45, 2.75) is 52.0 Å². The third-order valence-corrected chi connectivity index (χ3v) is 4.29. The maximum Gasteiger partial charge on any atom is 0.220 e. The second kappa shape index (κ2) is 7.98. The fourth-order valence-corrected chi connectivity index (χ4v) is 2.81. The minimum absolute atomic E-state index is 0. The molecule has 1 saturated heterocycles. The van der Waals surface area contributed by atoms with E-state index in [1.54, 1.807) is 0 Å². The van der Waals surface area contributed by atoms with E-state index in [2.05, 4.69) is 62.6 Å². The number of rotatable bonds is 4. The molecule has 124 valence electrons. The Hall–Kier alpha value is -1.06. The van der Waals surface area contributed by atoms with E-state index < -0.39 is 0 Å². The second-order valence-corrected chi connectivity index (χ2v) is 7.22. The van der Waals surface area contributed by atoms with Crippen LogP contribution in [0.2, 0.25) is 0 Å². The molecular formula is C18H29ClN2O. The van der Waals surface area contributed by atoms with Gasteiger partial charge in [-0.1, -0.05) is 45.0 Å². The summed E-state index contributed by atoms with van der Waals surface area (Å²) in [4.78, 5) is 12.1. The van der Waals surface area contributed by atoms with Crippen LogP contribution in [-0.2, 0) is 10.2 Å². The van der Waals surface area contributed by atoms with Gasteiger partial charge in [-0.05, 0) is 48.9 Å². The summed E-state index contributed by atoms with van der Waals surface area (Å²) in [5.41, 5.74) is 2.66. The monoisotopic (exact) mass is 324 g/mol. The number of benzene rings is 1. The summed E-state index contributed by atoms with van der Waals surface area (Å²) in [7, 11) is 0. The van der Waals surface area contributed by atoms with Gasteiger partial charge in [0.2, 0.25) is 5.91 Å². The topological polar surface area (TPSA) is 41.1 Å². The number of halogens is 1. The minimum atomic E-state index is 0. The summed E-state index contributed by atoms with van der Waals surface area (Å²) in [6, 6.07) is 8.66. The van der Waals surface area contributed by atoms with Crippen LogP contribution in [0.1, 0.15) is 57.7 Å². The number of nitrogens with one attached hydrogen (secondary N) is 2. The second-order valence-electron chi connectivity index (χ2n) is 7.22. The molecule has 3 nitrogen and oxygen atoms in total. The van der Waals surface area contributed by atoms with Gasteiger partial charge < -0.3 is 10.6 Å². The molecule has 0 saturated carbocycles. The van der Waals surface area contributed by atoms with E-state index >= 15 is 0 Å². The first-order chi connectivity index (χ1) is 9.86. The number of hydrogen-bond acceptors (Lipinski definition) is 2. The third kappa shape index (κ3) is 5.29. The van der Waals surface area contributed by atoms with Gasteiger partial charge >= 0.3 is 0 Å². The van der Waals surface area contributed by atoms with Gasteiger partial charge in [0.15, 0.2) is 0 Å². The van der Waals surface area contributed by atoms with Crippen molar-refractivity contribution in [3.05, 3.63) is 35.4 Å². The van der Waals surface area contributed by atoms with Crippen LogP contribution in [0.3, 0.4) is 0 Å². The molecule has 2 N–H and O–H groups in total. The Balaban J connectivity index is 0.00000242. The fourth-order valence-electron chi connectivity index (χ4n) is 2.81. The van der Waals surface area contributed by atoms with Crippen LogP contribution in [0.4, 0.5) is 0 Å². The van der Waals surface area contributed by atoms with Gasteiger partial charge in [0.1, 0.15) is 0 Å². The molecule has 1 aromatic rings. The number of carbonyl (C=O) groups is 1. The average Bonchev–Trinajstić information content (AvgIpc) is 2.90. The van der Waals surface area contributed by atoms with E-state index in [1.807, 2.05) is 0 Å². The van der Waals surface area contributed by atoms with Gasteiger partial charge in [0, 0.05) is 6.42 Å². The van der Waals surface area contributed by atoms with Crippen LogP contribution in [0.5, 0.6) is 0 Å². The third-order valence-electron chi connectivity index (χ3n) is 4.29. The standard InChI is InChI=1S/C18H28N2O.ClH/c1-13(20-17(21)11-14-9-10-19-12-14)15-5-7-16(8-6-15)18(2,3)4;/h5-8,13-14,19H,9-12H2,1-4H3,(H,20,21);1H. The highest BCUT2D eigenvalue weighted by Gasteiger charge is 2.19. The molecule has 1 heterocycles. The predicted octanol–water partition coefficient (Wildman–Crippen LogP) is 3.58. The Morgan fingerprint density at radius 3 is 2.45 bits per heavy atom. The molecule has 1 aliphatic heterocycles. The maximum absolute atomic E-state index is 12.1. The average molecular weight is 325 g/mol. The van der Waals surface area contributed by atoms with E-state index in [4.69, 9.17) is 0 Å². The van der Waals surface area contributed by atoms with Crippen molar-refractivity contribution in [3.8, 4) is 0 Å². The first-order valence-corrected chi connectivity index (χ1v) is 7.97. The molecule has 0 bridgehead atoms. The predicted molar refractivity (Wildman–Crippen MR) is 94.5 cm³/mol. The zero-order chi connectivity index (χ0) is 15.5. The molecule has 0 aromatic heterocycles.